The lowest BCUT2D eigenvalue weighted by molar-refractivity contribution is -0.150. The largest absolute Gasteiger partial charge is 0.388 e. The fraction of sp³-hybridized carbons (Fsp3) is 1.00. The first kappa shape index (κ1) is 10.4. The molecule has 14 heavy (non-hydrogen) atoms. The van der Waals surface area contributed by atoms with Crippen LogP contribution in [-0.4, -0.2) is 42.9 Å². The van der Waals surface area contributed by atoms with Crippen molar-refractivity contribution >= 4 is 0 Å². The molecular weight excluding hydrogens is 184 g/mol. The smallest absolute Gasteiger partial charge is 0.160 e. The topological polar surface area (TPSA) is 47.9 Å². The van der Waals surface area contributed by atoms with Gasteiger partial charge in [-0.25, -0.2) is 0 Å². The third kappa shape index (κ3) is 2.08. The monoisotopic (exact) mass is 202 g/mol. The van der Waals surface area contributed by atoms with Gasteiger partial charge < -0.3 is 19.3 Å². The molecule has 0 amide bonds. The average Bonchev–Trinajstić information content (AvgIpc) is 2.70. The zero-order chi connectivity index (χ0) is 9.97. The van der Waals surface area contributed by atoms with Crippen LogP contribution in [0.3, 0.4) is 0 Å². The van der Waals surface area contributed by atoms with E-state index in [4.69, 9.17) is 14.2 Å². The molecule has 0 aromatic carbocycles. The molecular formula is C10H18O4. The minimum atomic E-state index is -0.472. The Kier molecular flexibility index (Phi) is 3.38. The summed E-state index contributed by atoms with van der Waals surface area (Å²) >= 11 is 0. The van der Waals surface area contributed by atoms with E-state index in [1.807, 2.05) is 0 Å². The predicted octanol–water partition coefficient (Wildman–Crippen LogP) is 0.678. The van der Waals surface area contributed by atoms with Gasteiger partial charge >= 0.3 is 0 Å². The van der Waals surface area contributed by atoms with Crippen LogP contribution in [0.25, 0.3) is 0 Å². The first-order valence-electron chi connectivity index (χ1n) is 5.38. The highest BCUT2D eigenvalue weighted by Crippen LogP contribution is 2.31. The zero-order valence-electron chi connectivity index (χ0n) is 8.52. The van der Waals surface area contributed by atoms with E-state index in [1.165, 1.54) is 0 Å². The second-order valence-corrected chi connectivity index (χ2v) is 3.93. The number of rotatable bonds is 4. The van der Waals surface area contributed by atoms with Crippen LogP contribution in [0, 0.1) is 0 Å². The third-order valence-corrected chi connectivity index (χ3v) is 2.76. The number of fused-ring (bicyclic) bond motifs is 1. The summed E-state index contributed by atoms with van der Waals surface area (Å²) in [7, 11) is 0. The number of unbranched alkanes of at least 4 members (excludes halogenated alkanes) is 1. The summed E-state index contributed by atoms with van der Waals surface area (Å²) in [4.78, 5) is 0. The van der Waals surface area contributed by atoms with Gasteiger partial charge in [-0.15, -0.1) is 0 Å². The van der Waals surface area contributed by atoms with Gasteiger partial charge in [0.1, 0.15) is 12.2 Å². The Bertz CT molecular complexity index is 185. The Morgan fingerprint density at radius 1 is 1.50 bits per heavy atom. The first-order valence-corrected chi connectivity index (χ1v) is 5.38. The van der Waals surface area contributed by atoms with Gasteiger partial charge in [0.25, 0.3) is 0 Å². The summed E-state index contributed by atoms with van der Waals surface area (Å²) in [5.41, 5.74) is 0. The van der Waals surface area contributed by atoms with Gasteiger partial charge in [0.05, 0.1) is 12.7 Å². The van der Waals surface area contributed by atoms with E-state index in [-0.39, 0.29) is 18.5 Å². The average molecular weight is 202 g/mol. The van der Waals surface area contributed by atoms with Crippen molar-refractivity contribution < 1.29 is 19.3 Å². The maximum atomic E-state index is 9.48. The Hall–Kier alpha value is -0.160. The van der Waals surface area contributed by atoms with Crippen LogP contribution in [0.2, 0.25) is 0 Å². The van der Waals surface area contributed by atoms with Crippen LogP contribution in [0.1, 0.15) is 26.2 Å². The summed E-state index contributed by atoms with van der Waals surface area (Å²) in [6.45, 7) is 3.26. The van der Waals surface area contributed by atoms with E-state index in [0.29, 0.717) is 6.61 Å². The molecule has 82 valence electrons. The minimum absolute atomic E-state index is 0.0385. The molecule has 2 aliphatic heterocycles. The quantitative estimate of drug-likeness (QED) is 0.681. The van der Waals surface area contributed by atoms with Gasteiger partial charge in [0.15, 0.2) is 6.29 Å². The van der Waals surface area contributed by atoms with E-state index in [9.17, 15) is 5.11 Å². The lowest BCUT2D eigenvalue weighted by atomic mass is 10.1. The molecule has 2 aliphatic rings. The van der Waals surface area contributed by atoms with Crippen molar-refractivity contribution in [1.82, 2.24) is 0 Å². The zero-order valence-corrected chi connectivity index (χ0v) is 8.52. The highest BCUT2D eigenvalue weighted by molar-refractivity contribution is 4.90. The minimum Gasteiger partial charge on any atom is -0.388 e. The van der Waals surface area contributed by atoms with E-state index in [0.717, 1.165) is 25.9 Å². The molecule has 2 rings (SSSR count). The maximum Gasteiger partial charge on any atom is 0.160 e. The standard InChI is InChI=1S/C10H18O4/c1-2-3-4-12-9-5-8-10(14-9)7(11)6-13-8/h7-11H,2-6H2,1H3/t7-,8-,9+,10-/m1/s1. The van der Waals surface area contributed by atoms with Crippen LogP contribution in [0.5, 0.6) is 0 Å². The van der Waals surface area contributed by atoms with E-state index in [1.54, 1.807) is 0 Å². The number of hydrogen-bond donors (Lipinski definition) is 1. The van der Waals surface area contributed by atoms with Crippen molar-refractivity contribution in [3.05, 3.63) is 0 Å². The Balaban J connectivity index is 1.72. The molecule has 0 aromatic rings. The molecule has 0 aromatic heterocycles. The highest BCUT2D eigenvalue weighted by atomic mass is 16.7. The first-order chi connectivity index (χ1) is 6.81. The number of aliphatic hydroxyl groups is 1. The van der Waals surface area contributed by atoms with Crippen LogP contribution in [0.4, 0.5) is 0 Å². The number of ether oxygens (including phenoxy) is 3. The fourth-order valence-corrected chi connectivity index (χ4v) is 1.93. The van der Waals surface area contributed by atoms with Crippen LogP contribution < -0.4 is 0 Å². The third-order valence-electron chi connectivity index (χ3n) is 2.76. The molecule has 4 atom stereocenters. The SMILES string of the molecule is CCCCO[C@@H]1C[C@H]2OC[C@@H](O)[C@H]2O1. The fourth-order valence-electron chi connectivity index (χ4n) is 1.93. The van der Waals surface area contributed by atoms with E-state index >= 15 is 0 Å². The van der Waals surface area contributed by atoms with Crippen LogP contribution in [0.15, 0.2) is 0 Å². The van der Waals surface area contributed by atoms with Gasteiger partial charge in [-0.3, -0.25) is 0 Å². The summed E-state index contributed by atoms with van der Waals surface area (Å²) in [6.07, 6.45) is 2.16. The normalized spacial score (nSPS) is 41.6. The van der Waals surface area contributed by atoms with Crippen molar-refractivity contribution in [2.75, 3.05) is 13.2 Å². The predicted molar refractivity (Wildman–Crippen MR) is 49.9 cm³/mol. The highest BCUT2D eigenvalue weighted by Gasteiger charge is 2.45. The summed E-state index contributed by atoms with van der Waals surface area (Å²) < 4.78 is 16.4. The maximum absolute atomic E-state index is 9.48. The van der Waals surface area contributed by atoms with Crippen molar-refractivity contribution in [2.45, 2.75) is 50.8 Å². The molecule has 2 heterocycles. The van der Waals surface area contributed by atoms with E-state index in [2.05, 4.69) is 6.92 Å². The van der Waals surface area contributed by atoms with Crippen molar-refractivity contribution in [2.24, 2.45) is 0 Å². The Morgan fingerprint density at radius 3 is 3.07 bits per heavy atom. The molecule has 0 unspecified atom stereocenters. The second-order valence-electron chi connectivity index (χ2n) is 3.93. The molecule has 0 bridgehead atoms. The number of aliphatic hydroxyl groups excluding tert-OH is 1. The van der Waals surface area contributed by atoms with Crippen LogP contribution >= 0.6 is 0 Å². The molecule has 0 saturated carbocycles. The van der Waals surface area contributed by atoms with Gasteiger partial charge in [-0.1, -0.05) is 13.3 Å². The molecule has 2 saturated heterocycles. The van der Waals surface area contributed by atoms with Gasteiger partial charge in [-0.05, 0) is 6.42 Å². The van der Waals surface area contributed by atoms with Crippen LogP contribution in [-0.2, 0) is 14.2 Å². The molecule has 0 aliphatic carbocycles. The summed E-state index contributed by atoms with van der Waals surface area (Å²) in [6, 6.07) is 0. The molecule has 4 nitrogen and oxygen atoms in total. The Labute approximate surface area is 84.1 Å². The number of hydrogen-bond acceptors (Lipinski definition) is 4. The molecule has 1 N–H and O–H groups in total. The van der Waals surface area contributed by atoms with Crippen molar-refractivity contribution in [3.63, 3.8) is 0 Å². The van der Waals surface area contributed by atoms with Gasteiger partial charge in [-0.2, -0.15) is 0 Å². The molecule has 0 radical (unpaired) electrons. The lowest BCUT2D eigenvalue weighted by Crippen LogP contribution is -2.27. The Morgan fingerprint density at radius 2 is 2.36 bits per heavy atom. The van der Waals surface area contributed by atoms with Crippen molar-refractivity contribution in [3.8, 4) is 0 Å². The second kappa shape index (κ2) is 4.57. The lowest BCUT2D eigenvalue weighted by Gasteiger charge is -2.14. The molecule has 2 fully saturated rings. The summed E-state index contributed by atoms with van der Waals surface area (Å²) in [5.74, 6) is 0. The molecule has 4 heteroatoms. The van der Waals surface area contributed by atoms with Gasteiger partial charge in [0.2, 0.25) is 0 Å². The summed E-state index contributed by atoms with van der Waals surface area (Å²) in [5, 5.41) is 9.48. The van der Waals surface area contributed by atoms with E-state index < -0.39 is 6.10 Å². The van der Waals surface area contributed by atoms with Crippen molar-refractivity contribution in [1.29, 1.82) is 0 Å². The van der Waals surface area contributed by atoms with Gasteiger partial charge in [0, 0.05) is 13.0 Å². The molecule has 0 spiro atoms.